The summed E-state index contributed by atoms with van der Waals surface area (Å²) in [6.45, 7) is 0. The Morgan fingerprint density at radius 3 is 1.56 bits per heavy atom. The van der Waals surface area contributed by atoms with Gasteiger partial charge < -0.3 is 10.2 Å². The molecule has 0 amide bonds. The third kappa shape index (κ3) is 8.63. The lowest BCUT2D eigenvalue weighted by Crippen LogP contribution is -2.35. The molecule has 36 heavy (non-hydrogen) atoms. The Morgan fingerprint density at radius 1 is 0.611 bits per heavy atom. The summed E-state index contributed by atoms with van der Waals surface area (Å²) in [5.41, 5.74) is 1.23. The van der Waals surface area contributed by atoms with E-state index in [0.29, 0.717) is 12.3 Å². The molecule has 0 spiro atoms. The van der Waals surface area contributed by atoms with Crippen LogP contribution < -0.4 is 0 Å². The quantitative estimate of drug-likeness (QED) is 0.410. The summed E-state index contributed by atoms with van der Waals surface area (Å²) in [7, 11) is 0. The Labute approximate surface area is 219 Å². The fraction of sp³-hybridized carbons (Fsp3) is 0.750. The predicted octanol–water partition coefficient (Wildman–Crippen LogP) is 8.92. The van der Waals surface area contributed by atoms with Crippen LogP contribution in [0.15, 0.2) is 30.3 Å². The second kappa shape index (κ2) is 14.8. The third-order valence-corrected chi connectivity index (χ3v) is 9.51. The summed E-state index contributed by atoms with van der Waals surface area (Å²) in [6.07, 6.45) is 24.3. The maximum Gasteiger partial charge on any atom is 0.304 e. The van der Waals surface area contributed by atoms with Gasteiger partial charge >= 0.3 is 11.9 Å². The average Bonchev–Trinajstić information content (AvgIpc) is 2.84. The lowest BCUT2D eigenvalue weighted by molar-refractivity contribution is -0.142. The van der Waals surface area contributed by atoms with E-state index in [2.05, 4.69) is 12.1 Å². The van der Waals surface area contributed by atoms with Crippen molar-refractivity contribution in [3.8, 4) is 0 Å². The Morgan fingerprint density at radius 2 is 1.06 bits per heavy atom. The molecule has 0 radical (unpaired) electrons. The van der Waals surface area contributed by atoms with Crippen molar-refractivity contribution in [1.29, 1.82) is 0 Å². The predicted molar refractivity (Wildman–Crippen MR) is 146 cm³/mol. The van der Waals surface area contributed by atoms with E-state index in [4.69, 9.17) is 0 Å². The summed E-state index contributed by atoms with van der Waals surface area (Å²) in [5, 5.41) is 18.6. The van der Waals surface area contributed by atoms with Crippen molar-refractivity contribution in [2.75, 3.05) is 0 Å². The largest absolute Gasteiger partial charge is 0.481 e. The molecule has 202 valence electrons. The Kier molecular flexibility index (Phi) is 11.8. The first kappa shape index (κ1) is 28.7. The monoisotopic (exact) mass is 498 g/mol. The highest BCUT2D eigenvalue weighted by atomic mass is 16.4. The van der Waals surface area contributed by atoms with Gasteiger partial charge in [-0.1, -0.05) is 114 Å². The van der Waals surface area contributed by atoms with E-state index in [1.807, 2.05) is 18.2 Å². The van der Waals surface area contributed by atoms with Crippen LogP contribution in [0.4, 0.5) is 0 Å². The molecule has 1 aromatic carbocycles. The lowest BCUT2D eigenvalue weighted by atomic mass is 9.61. The lowest BCUT2D eigenvalue weighted by Gasteiger charge is -2.43. The van der Waals surface area contributed by atoms with Gasteiger partial charge in [0, 0.05) is 5.41 Å². The Hall–Kier alpha value is -1.84. The highest BCUT2D eigenvalue weighted by Gasteiger charge is 2.40. The van der Waals surface area contributed by atoms with Crippen molar-refractivity contribution in [3.63, 3.8) is 0 Å². The minimum atomic E-state index is -0.667. The number of rotatable bonds is 6. The second-order valence-electron chi connectivity index (χ2n) is 12.0. The first-order valence-electron chi connectivity index (χ1n) is 14.9. The van der Waals surface area contributed by atoms with Crippen LogP contribution in [0.25, 0.3) is 0 Å². The zero-order valence-corrected chi connectivity index (χ0v) is 22.5. The van der Waals surface area contributed by atoms with Gasteiger partial charge in [-0.25, -0.2) is 0 Å². The summed E-state index contributed by atoms with van der Waals surface area (Å²) in [4.78, 5) is 22.6. The molecule has 0 atom stereocenters. The molecule has 0 heterocycles. The van der Waals surface area contributed by atoms with Crippen molar-refractivity contribution in [1.82, 2.24) is 0 Å². The number of carbonyl (C=O) groups is 2. The van der Waals surface area contributed by atoms with E-state index < -0.39 is 11.9 Å². The molecule has 3 aliphatic carbocycles. The Balaban J connectivity index is 0.000000201. The van der Waals surface area contributed by atoms with Crippen LogP contribution in [-0.2, 0) is 15.0 Å². The van der Waals surface area contributed by atoms with Gasteiger partial charge in [-0.15, -0.1) is 0 Å². The van der Waals surface area contributed by atoms with E-state index in [1.54, 1.807) is 0 Å². The SMILES string of the molecule is O=C(O)CC1(C2CCCCC2)CCCCCCC1.O=C(O)CC1(c2ccccc2)CCCCCCC1. The summed E-state index contributed by atoms with van der Waals surface area (Å²) < 4.78 is 0. The second-order valence-corrected chi connectivity index (χ2v) is 12.0. The minimum absolute atomic E-state index is 0.131. The normalized spacial score (nSPS) is 23.0. The van der Waals surface area contributed by atoms with Gasteiger partial charge in [-0.3, -0.25) is 9.59 Å². The molecule has 3 aliphatic rings. The van der Waals surface area contributed by atoms with Crippen LogP contribution in [-0.4, -0.2) is 22.2 Å². The number of aliphatic carboxylic acids is 2. The maximum absolute atomic E-state index is 11.3. The van der Waals surface area contributed by atoms with Crippen molar-refractivity contribution in [2.45, 2.75) is 140 Å². The maximum atomic E-state index is 11.3. The summed E-state index contributed by atoms with van der Waals surface area (Å²) in [6, 6.07) is 10.3. The zero-order valence-electron chi connectivity index (χ0n) is 22.5. The first-order valence-corrected chi connectivity index (χ1v) is 14.9. The number of hydrogen-bond donors (Lipinski definition) is 2. The third-order valence-electron chi connectivity index (χ3n) is 9.51. The number of carboxylic acid groups (broad SMARTS) is 2. The molecule has 4 rings (SSSR count). The molecule has 2 N–H and O–H groups in total. The van der Waals surface area contributed by atoms with Gasteiger partial charge in [0.05, 0.1) is 12.8 Å². The molecule has 0 unspecified atom stereocenters. The summed E-state index contributed by atoms with van der Waals surface area (Å²) in [5.74, 6) is -0.541. The standard InChI is InChI=1S/C16H28O2.C16H22O2/c2*17-15(18)13-16(14-9-5-4-6-10-14)11-7-2-1-3-8-12-16/h14H,1-13H2,(H,17,18);4-6,9-10H,1-3,7-8,11-13H2,(H,17,18). The fourth-order valence-corrected chi connectivity index (χ4v) is 7.59. The van der Waals surface area contributed by atoms with Crippen molar-refractivity contribution >= 4 is 11.9 Å². The smallest absolute Gasteiger partial charge is 0.304 e. The van der Waals surface area contributed by atoms with Crippen molar-refractivity contribution in [2.24, 2.45) is 11.3 Å². The molecule has 0 aliphatic heterocycles. The van der Waals surface area contributed by atoms with Crippen LogP contribution in [0.5, 0.6) is 0 Å². The van der Waals surface area contributed by atoms with E-state index in [1.165, 1.54) is 102 Å². The highest BCUT2D eigenvalue weighted by Crippen LogP contribution is 2.49. The van der Waals surface area contributed by atoms with Gasteiger partial charge in [-0.05, 0) is 55.4 Å². The molecule has 0 saturated heterocycles. The van der Waals surface area contributed by atoms with E-state index >= 15 is 0 Å². The molecular weight excluding hydrogens is 448 g/mol. The molecule has 4 heteroatoms. The molecule has 0 bridgehead atoms. The highest BCUT2D eigenvalue weighted by molar-refractivity contribution is 5.69. The number of hydrogen-bond acceptors (Lipinski definition) is 2. The molecule has 3 saturated carbocycles. The van der Waals surface area contributed by atoms with Crippen molar-refractivity contribution in [3.05, 3.63) is 35.9 Å². The van der Waals surface area contributed by atoms with Gasteiger partial charge in [-0.2, -0.15) is 0 Å². The van der Waals surface area contributed by atoms with Crippen LogP contribution in [0.1, 0.15) is 140 Å². The van der Waals surface area contributed by atoms with Crippen LogP contribution >= 0.6 is 0 Å². The molecule has 3 fully saturated rings. The zero-order chi connectivity index (χ0) is 25.7. The summed E-state index contributed by atoms with van der Waals surface area (Å²) >= 11 is 0. The Bertz CT molecular complexity index is 765. The van der Waals surface area contributed by atoms with Gasteiger partial charge in [0.15, 0.2) is 0 Å². The van der Waals surface area contributed by atoms with Crippen LogP contribution in [0, 0.1) is 11.3 Å². The van der Waals surface area contributed by atoms with Crippen LogP contribution in [0.2, 0.25) is 0 Å². The minimum Gasteiger partial charge on any atom is -0.481 e. The first-order chi connectivity index (χ1) is 17.5. The molecular formula is C32H50O4. The van der Waals surface area contributed by atoms with Gasteiger partial charge in [0.25, 0.3) is 0 Å². The number of carboxylic acids is 2. The van der Waals surface area contributed by atoms with E-state index in [0.717, 1.165) is 25.7 Å². The topological polar surface area (TPSA) is 74.6 Å². The average molecular weight is 499 g/mol. The van der Waals surface area contributed by atoms with Crippen LogP contribution in [0.3, 0.4) is 0 Å². The van der Waals surface area contributed by atoms with Gasteiger partial charge in [0.1, 0.15) is 0 Å². The van der Waals surface area contributed by atoms with Crippen molar-refractivity contribution < 1.29 is 19.8 Å². The molecule has 4 nitrogen and oxygen atoms in total. The number of benzene rings is 1. The molecule has 0 aromatic heterocycles. The van der Waals surface area contributed by atoms with Gasteiger partial charge in [0.2, 0.25) is 0 Å². The molecule has 1 aromatic rings. The fourth-order valence-electron chi connectivity index (χ4n) is 7.59. The van der Waals surface area contributed by atoms with E-state index in [9.17, 15) is 19.8 Å². The van der Waals surface area contributed by atoms with E-state index in [-0.39, 0.29) is 17.3 Å².